The molecule has 2 N–H and O–H groups in total. The molecule has 1 atom stereocenters. The van der Waals surface area contributed by atoms with E-state index >= 15 is 0 Å². The second kappa shape index (κ2) is 13.5. The lowest BCUT2D eigenvalue weighted by Gasteiger charge is -2.18. The zero-order valence-electron chi connectivity index (χ0n) is 14.8. The number of hydrogen-bond donors (Lipinski definition) is 2. The predicted octanol–water partition coefficient (Wildman–Crippen LogP) is 2.53. The summed E-state index contributed by atoms with van der Waals surface area (Å²) in [5.41, 5.74) is 1.08. The molecule has 1 saturated heterocycles. The highest BCUT2D eigenvalue weighted by atomic mass is 35.5. The van der Waals surface area contributed by atoms with E-state index in [0.717, 1.165) is 42.6 Å². The summed E-state index contributed by atoms with van der Waals surface area (Å²) in [5.74, 6) is 2.67. The van der Waals surface area contributed by atoms with Gasteiger partial charge in [-0.2, -0.15) is 0 Å². The summed E-state index contributed by atoms with van der Waals surface area (Å²) in [6.07, 6.45) is 0. The first-order valence-corrected chi connectivity index (χ1v) is 9.41. The highest BCUT2D eigenvalue weighted by Gasteiger charge is 2.21. The van der Waals surface area contributed by atoms with Crippen LogP contribution < -0.4 is 15.4 Å². The van der Waals surface area contributed by atoms with E-state index in [1.165, 1.54) is 0 Å². The zero-order chi connectivity index (χ0) is 16.5. The van der Waals surface area contributed by atoms with Gasteiger partial charge in [-0.15, -0.1) is 36.6 Å². The molecule has 0 bridgehead atoms. The Morgan fingerprint density at radius 2 is 1.96 bits per heavy atom. The van der Waals surface area contributed by atoms with Crippen molar-refractivity contribution in [1.29, 1.82) is 0 Å². The molecular formula is C17H29Cl2N3O2S. The Morgan fingerprint density at radius 1 is 1.28 bits per heavy atom. The van der Waals surface area contributed by atoms with E-state index in [4.69, 9.17) is 4.74 Å². The average Bonchev–Trinajstić information content (AvgIpc) is 3.12. The molecule has 1 aromatic rings. The fourth-order valence-corrected chi connectivity index (χ4v) is 3.35. The molecule has 1 aliphatic heterocycles. The minimum Gasteiger partial charge on any atom is -0.492 e. The van der Waals surface area contributed by atoms with Gasteiger partial charge in [0.05, 0.1) is 6.04 Å². The number of nitrogens with one attached hydrogen (secondary N) is 2. The van der Waals surface area contributed by atoms with Crippen molar-refractivity contribution in [3.05, 3.63) is 29.8 Å². The molecule has 25 heavy (non-hydrogen) atoms. The molecular weight excluding hydrogens is 381 g/mol. The third-order valence-electron chi connectivity index (χ3n) is 3.99. The third kappa shape index (κ3) is 8.51. The van der Waals surface area contributed by atoms with Gasteiger partial charge < -0.3 is 15.0 Å². The number of halogens is 2. The number of rotatable bonds is 9. The maximum atomic E-state index is 11.9. The van der Waals surface area contributed by atoms with Gasteiger partial charge >= 0.3 is 0 Å². The van der Waals surface area contributed by atoms with Gasteiger partial charge in [-0.1, -0.05) is 26.0 Å². The number of carbonyl (C=O) groups excluding carboxylic acids is 1. The van der Waals surface area contributed by atoms with Crippen LogP contribution in [0.5, 0.6) is 5.75 Å². The minimum atomic E-state index is -0.0531. The van der Waals surface area contributed by atoms with Gasteiger partial charge in [0.2, 0.25) is 5.91 Å². The third-order valence-corrected chi connectivity index (χ3v) is 4.93. The monoisotopic (exact) mass is 409 g/mol. The lowest BCUT2D eigenvalue weighted by molar-refractivity contribution is -0.122. The number of nitrogens with zero attached hydrogens (tertiary/aromatic N) is 1. The number of amides is 1. The van der Waals surface area contributed by atoms with Crippen molar-refractivity contribution < 1.29 is 9.53 Å². The fraction of sp³-hybridized carbons (Fsp3) is 0.588. The van der Waals surface area contributed by atoms with Crippen molar-refractivity contribution in [2.45, 2.75) is 26.4 Å². The molecule has 144 valence electrons. The maximum absolute atomic E-state index is 11.9. The van der Waals surface area contributed by atoms with Crippen LogP contribution in [0.3, 0.4) is 0 Å². The summed E-state index contributed by atoms with van der Waals surface area (Å²) in [6.45, 7) is 8.61. The highest BCUT2D eigenvalue weighted by Crippen LogP contribution is 2.13. The SMILES string of the molecule is CCN(CC)CCOc1ccc(CNC(=O)C2CSCN2)cc1.Cl.Cl. The summed E-state index contributed by atoms with van der Waals surface area (Å²) in [7, 11) is 0. The van der Waals surface area contributed by atoms with Crippen LogP contribution in [0.1, 0.15) is 19.4 Å². The maximum Gasteiger partial charge on any atom is 0.238 e. The smallest absolute Gasteiger partial charge is 0.238 e. The van der Waals surface area contributed by atoms with Crippen LogP contribution in [0.2, 0.25) is 0 Å². The number of hydrogen-bond acceptors (Lipinski definition) is 5. The highest BCUT2D eigenvalue weighted by molar-refractivity contribution is 7.99. The average molecular weight is 410 g/mol. The first kappa shape index (κ1) is 24.3. The molecule has 1 amide bonds. The first-order valence-electron chi connectivity index (χ1n) is 8.25. The van der Waals surface area contributed by atoms with Crippen LogP contribution >= 0.6 is 36.6 Å². The Hall–Kier alpha value is -0.660. The molecule has 0 aromatic heterocycles. The molecule has 0 saturated carbocycles. The van der Waals surface area contributed by atoms with Gasteiger partial charge in [0, 0.05) is 24.7 Å². The molecule has 1 aromatic carbocycles. The van der Waals surface area contributed by atoms with E-state index in [1.54, 1.807) is 11.8 Å². The van der Waals surface area contributed by atoms with E-state index in [1.807, 2.05) is 24.3 Å². The van der Waals surface area contributed by atoms with Crippen LogP contribution in [-0.4, -0.2) is 54.7 Å². The zero-order valence-corrected chi connectivity index (χ0v) is 17.3. The van der Waals surface area contributed by atoms with Gasteiger partial charge in [0.15, 0.2) is 0 Å². The molecule has 0 aliphatic carbocycles. The standard InChI is InChI=1S/C17H27N3O2S.2ClH/c1-3-20(4-2)9-10-22-15-7-5-14(6-8-15)11-18-17(21)16-12-23-13-19-16;;/h5-8,16,19H,3-4,9-13H2,1-2H3,(H,18,21);2*1H. The summed E-state index contributed by atoms with van der Waals surface area (Å²) < 4.78 is 5.76. The second-order valence-electron chi connectivity index (χ2n) is 5.51. The van der Waals surface area contributed by atoms with E-state index in [9.17, 15) is 4.79 Å². The van der Waals surface area contributed by atoms with Crippen LogP contribution in [0, 0.1) is 0 Å². The Bertz CT molecular complexity index is 481. The van der Waals surface area contributed by atoms with Gasteiger partial charge in [-0.05, 0) is 30.8 Å². The molecule has 1 unspecified atom stereocenters. The lowest BCUT2D eigenvalue weighted by Crippen LogP contribution is -2.41. The molecule has 2 rings (SSSR count). The summed E-state index contributed by atoms with van der Waals surface area (Å²) in [5, 5.41) is 6.14. The Labute approximate surface area is 167 Å². The normalized spacial score (nSPS) is 16.0. The minimum absolute atomic E-state index is 0. The Kier molecular flexibility index (Phi) is 13.2. The van der Waals surface area contributed by atoms with Gasteiger partial charge in [-0.3, -0.25) is 10.1 Å². The van der Waals surface area contributed by atoms with Crippen LogP contribution in [0.4, 0.5) is 0 Å². The topological polar surface area (TPSA) is 53.6 Å². The van der Waals surface area contributed by atoms with Gasteiger partial charge in [0.1, 0.15) is 12.4 Å². The van der Waals surface area contributed by atoms with E-state index < -0.39 is 0 Å². The number of ether oxygens (including phenoxy) is 1. The van der Waals surface area contributed by atoms with Crippen molar-refractivity contribution >= 4 is 42.5 Å². The van der Waals surface area contributed by atoms with Crippen molar-refractivity contribution in [1.82, 2.24) is 15.5 Å². The van der Waals surface area contributed by atoms with Crippen LogP contribution in [-0.2, 0) is 11.3 Å². The Balaban J connectivity index is 0.00000288. The van der Waals surface area contributed by atoms with Crippen molar-refractivity contribution in [3.8, 4) is 5.75 Å². The van der Waals surface area contributed by atoms with Crippen molar-refractivity contribution in [2.75, 3.05) is 37.9 Å². The summed E-state index contributed by atoms with van der Waals surface area (Å²) in [6, 6.07) is 7.89. The molecule has 5 nitrogen and oxygen atoms in total. The number of thioether (sulfide) groups is 1. The molecule has 8 heteroatoms. The second-order valence-corrected chi connectivity index (χ2v) is 6.54. The van der Waals surface area contributed by atoms with E-state index in [2.05, 4.69) is 29.4 Å². The van der Waals surface area contributed by atoms with Gasteiger partial charge in [-0.25, -0.2) is 0 Å². The number of benzene rings is 1. The molecule has 1 heterocycles. The van der Waals surface area contributed by atoms with Crippen molar-refractivity contribution in [3.63, 3.8) is 0 Å². The quantitative estimate of drug-likeness (QED) is 0.655. The number of carbonyl (C=O) groups is 1. The molecule has 0 spiro atoms. The molecule has 1 fully saturated rings. The first-order chi connectivity index (χ1) is 11.2. The molecule has 1 aliphatic rings. The van der Waals surface area contributed by atoms with Crippen LogP contribution in [0.25, 0.3) is 0 Å². The summed E-state index contributed by atoms with van der Waals surface area (Å²) in [4.78, 5) is 14.3. The largest absolute Gasteiger partial charge is 0.492 e. The van der Waals surface area contributed by atoms with E-state index in [-0.39, 0.29) is 36.8 Å². The fourth-order valence-electron chi connectivity index (χ4n) is 2.41. The van der Waals surface area contributed by atoms with E-state index in [0.29, 0.717) is 13.2 Å². The van der Waals surface area contributed by atoms with Gasteiger partial charge in [0.25, 0.3) is 0 Å². The summed E-state index contributed by atoms with van der Waals surface area (Å²) >= 11 is 1.75. The van der Waals surface area contributed by atoms with Crippen LogP contribution in [0.15, 0.2) is 24.3 Å². The number of likely N-dealkylation sites (N-methyl/N-ethyl adjacent to an activating group) is 1. The lowest BCUT2D eigenvalue weighted by atomic mass is 10.2. The molecule has 0 radical (unpaired) electrons. The van der Waals surface area contributed by atoms with Crippen molar-refractivity contribution in [2.24, 2.45) is 0 Å². The Morgan fingerprint density at radius 3 is 2.52 bits per heavy atom. The predicted molar refractivity (Wildman–Crippen MR) is 110 cm³/mol.